The average molecular weight is 274 g/mol. The Balaban J connectivity index is 2.27. The molecule has 1 N–H and O–H groups in total. The van der Waals surface area contributed by atoms with Crippen molar-refractivity contribution >= 4 is 0 Å². The molecule has 2 atom stereocenters. The number of benzene rings is 1. The van der Waals surface area contributed by atoms with Gasteiger partial charge < -0.3 is 10.2 Å². The van der Waals surface area contributed by atoms with Crippen molar-refractivity contribution in [3.05, 3.63) is 35.4 Å². The monoisotopic (exact) mass is 274 g/mol. The van der Waals surface area contributed by atoms with Crippen molar-refractivity contribution < 1.29 is 0 Å². The number of likely N-dealkylation sites (N-methyl/N-ethyl adjacent to an activating group) is 2. The third-order valence-electron chi connectivity index (χ3n) is 4.36. The van der Waals surface area contributed by atoms with Crippen molar-refractivity contribution in [2.24, 2.45) is 5.92 Å². The first kappa shape index (κ1) is 15.5. The van der Waals surface area contributed by atoms with Gasteiger partial charge in [0.1, 0.15) is 0 Å². The van der Waals surface area contributed by atoms with Gasteiger partial charge in [0, 0.05) is 18.6 Å². The zero-order chi connectivity index (χ0) is 14.5. The molecule has 1 aliphatic rings. The van der Waals surface area contributed by atoms with Crippen LogP contribution in [0.5, 0.6) is 0 Å². The minimum atomic E-state index is 0.474. The second-order valence-corrected chi connectivity index (χ2v) is 6.53. The minimum Gasteiger partial charge on any atom is -0.309 e. The van der Waals surface area contributed by atoms with E-state index in [9.17, 15) is 0 Å². The SMILES string of the molecule is CCNC1c2ccccc2CCCC1N(C)CC(C)C. The summed E-state index contributed by atoms with van der Waals surface area (Å²) < 4.78 is 0. The fourth-order valence-corrected chi connectivity index (χ4v) is 3.59. The van der Waals surface area contributed by atoms with Gasteiger partial charge in [-0.15, -0.1) is 0 Å². The van der Waals surface area contributed by atoms with Crippen LogP contribution in [0.2, 0.25) is 0 Å². The molecule has 0 saturated heterocycles. The molecule has 1 aromatic rings. The molecule has 20 heavy (non-hydrogen) atoms. The van der Waals surface area contributed by atoms with Crippen LogP contribution in [-0.2, 0) is 6.42 Å². The van der Waals surface area contributed by atoms with Crippen molar-refractivity contribution in [2.75, 3.05) is 20.1 Å². The Hall–Kier alpha value is -0.860. The second kappa shape index (κ2) is 7.24. The van der Waals surface area contributed by atoms with E-state index in [2.05, 4.69) is 62.3 Å². The van der Waals surface area contributed by atoms with Crippen LogP contribution >= 0.6 is 0 Å². The Kier molecular flexibility index (Phi) is 5.62. The van der Waals surface area contributed by atoms with Gasteiger partial charge in [-0.3, -0.25) is 0 Å². The van der Waals surface area contributed by atoms with Crippen LogP contribution in [0.25, 0.3) is 0 Å². The van der Waals surface area contributed by atoms with Gasteiger partial charge in [-0.1, -0.05) is 45.0 Å². The van der Waals surface area contributed by atoms with E-state index in [4.69, 9.17) is 0 Å². The van der Waals surface area contributed by atoms with E-state index in [0.29, 0.717) is 12.1 Å². The quantitative estimate of drug-likeness (QED) is 0.825. The average Bonchev–Trinajstić information content (AvgIpc) is 2.59. The van der Waals surface area contributed by atoms with Crippen LogP contribution in [0.15, 0.2) is 24.3 Å². The summed E-state index contributed by atoms with van der Waals surface area (Å²) in [6, 6.07) is 10.1. The van der Waals surface area contributed by atoms with Gasteiger partial charge in [0.05, 0.1) is 0 Å². The lowest BCUT2D eigenvalue weighted by Crippen LogP contribution is -2.43. The summed E-state index contributed by atoms with van der Waals surface area (Å²) in [6.07, 6.45) is 3.81. The molecule has 2 heteroatoms. The molecule has 0 saturated carbocycles. The molecule has 0 radical (unpaired) electrons. The molecule has 0 spiro atoms. The van der Waals surface area contributed by atoms with Gasteiger partial charge in [-0.2, -0.15) is 0 Å². The lowest BCUT2D eigenvalue weighted by atomic mass is 9.94. The van der Waals surface area contributed by atoms with Crippen molar-refractivity contribution in [2.45, 2.75) is 52.1 Å². The highest BCUT2D eigenvalue weighted by molar-refractivity contribution is 5.32. The minimum absolute atomic E-state index is 0.474. The molecule has 112 valence electrons. The Morgan fingerprint density at radius 2 is 2.05 bits per heavy atom. The van der Waals surface area contributed by atoms with Crippen LogP contribution < -0.4 is 5.32 Å². The normalized spacial score (nSPS) is 22.9. The van der Waals surface area contributed by atoms with Crippen LogP contribution in [0, 0.1) is 5.92 Å². The maximum atomic E-state index is 3.74. The fourth-order valence-electron chi connectivity index (χ4n) is 3.59. The largest absolute Gasteiger partial charge is 0.309 e. The van der Waals surface area contributed by atoms with E-state index in [1.807, 2.05) is 0 Å². The van der Waals surface area contributed by atoms with Crippen LogP contribution in [-0.4, -0.2) is 31.1 Å². The molecule has 1 aliphatic carbocycles. The van der Waals surface area contributed by atoms with Crippen molar-refractivity contribution in [3.8, 4) is 0 Å². The molecule has 2 unspecified atom stereocenters. The van der Waals surface area contributed by atoms with Gasteiger partial charge in [-0.25, -0.2) is 0 Å². The molecule has 2 rings (SSSR count). The molecule has 1 aromatic carbocycles. The Morgan fingerprint density at radius 1 is 1.30 bits per heavy atom. The summed E-state index contributed by atoms with van der Waals surface area (Å²) in [4.78, 5) is 2.57. The predicted molar refractivity (Wildman–Crippen MR) is 87.1 cm³/mol. The zero-order valence-corrected chi connectivity index (χ0v) is 13.5. The number of nitrogens with one attached hydrogen (secondary N) is 1. The van der Waals surface area contributed by atoms with E-state index >= 15 is 0 Å². The lowest BCUT2D eigenvalue weighted by molar-refractivity contribution is 0.166. The Morgan fingerprint density at radius 3 is 2.75 bits per heavy atom. The molecule has 2 nitrogen and oxygen atoms in total. The number of aryl methyl sites for hydroxylation is 1. The highest BCUT2D eigenvalue weighted by Gasteiger charge is 2.29. The van der Waals surface area contributed by atoms with Crippen LogP contribution in [0.1, 0.15) is 50.8 Å². The topological polar surface area (TPSA) is 15.3 Å². The lowest BCUT2D eigenvalue weighted by Gasteiger charge is -2.35. The number of rotatable bonds is 5. The van der Waals surface area contributed by atoms with Gasteiger partial charge in [0.15, 0.2) is 0 Å². The van der Waals surface area contributed by atoms with Crippen molar-refractivity contribution in [1.29, 1.82) is 0 Å². The first-order chi connectivity index (χ1) is 9.63. The van der Waals surface area contributed by atoms with E-state index in [-0.39, 0.29) is 0 Å². The number of fused-ring (bicyclic) bond motifs is 1. The molecule has 0 amide bonds. The molecular weight excluding hydrogens is 244 g/mol. The second-order valence-electron chi connectivity index (χ2n) is 6.53. The maximum absolute atomic E-state index is 3.74. The van der Waals surface area contributed by atoms with E-state index in [1.165, 1.54) is 31.4 Å². The number of hydrogen-bond donors (Lipinski definition) is 1. The smallest absolute Gasteiger partial charge is 0.0480 e. The van der Waals surface area contributed by atoms with Crippen LogP contribution in [0.4, 0.5) is 0 Å². The van der Waals surface area contributed by atoms with Crippen molar-refractivity contribution in [3.63, 3.8) is 0 Å². The standard InChI is InChI=1S/C18H30N2/c1-5-19-18-16-11-7-6-9-15(16)10-8-12-17(18)20(4)13-14(2)3/h6-7,9,11,14,17-19H,5,8,10,12-13H2,1-4H3. The fraction of sp³-hybridized carbons (Fsp3) is 0.667. The summed E-state index contributed by atoms with van der Waals surface area (Å²) in [5.41, 5.74) is 3.06. The molecular formula is C18H30N2. The van der Waals surface area contributed by atoms with Gasteiger partial charge >= 0.3 is 0 Å². The third-order valence-corrected chi connectivity index (χ3v) is 4.36. The highest BCUT2D eigenvalue weighted by atomic mass is 15.2. The Bertz CT molecular complexity index is 414. The van der Waals surface area contributed by atoms with E-state index < -0.39 is 0 Å². The Labute approximate surface area is 124 Å². The summed E-state index contributed by atoms with van der Waals surface area (Å²) in [6.45, 7) is 9.04. The molecule has 0 bridgehead atoms. The number of hydrogen-bond acceptors (Lipinski definition) is 2. The summed E-state index contributed by atoms with van der Waals surface area (Å²) in [7, 11) is 2.29. The maximum Gasteiger partial charge on any atom is 0.0480 e. The number of nitrogens with zero attached hydrogens (tertiary/aromatic N) is 1. The molecule has 0 aromatic heterocycles. The summed E-state index contributed by atoms with van der Waals surface area (Å²) in [5.74, 6) is 0.723. The van der Waals surface area contributed by atoms with Gasteiger partial charge in [0.25, 0.3) is 0 Å². The third kappa shape index (κ3) is 3.62. The van der Waals surface area contributed by atoms with Crippen LogP contribution in [0.3, 0.4) is 0 Å². The summed E-state index contributed by atoms with van der Waals surface area (Å²) >= 11 is 0. The van der Waals surface area contributed by atoms with Gasteiger partial charge in [-0.05, 0) is 49.9 Å². The predicted octanol–water partition coefficient (Wildman–Crippen LogP) is 3.63. The zero-order valence-electron chi connectivity index (χ0n) is 13.5. The molecule has 0 heterocycles. The first-order valence-electron chi connectivity index (χ1n) is 8.15. The van der Waals surface area contributed by atoms with Crippen molar-refractivity contribution in [1.82, 2.24) is 10.2 Å². The molecule has 0 fully saturated rings. The van der Waals surface area contributed by atoms with Gasteiger partial charge in [0.2, 0.25) is 0 Å². The summed E-state index contributed by atoms with van der Waals surface area (Å²) in [5, 5.41) is 3.74. The highest BCUT2D eigenvalue weighted by Crippen LogP contribution is 2.31. The molecule has 0 aliphatic heterocycles. The van der Waals surface area contributed by atoms with E-state index in [1.54, 1.807) is 5.56 Å². The first-order valence-corrected chi connectivity index (χ1v) is 8.15. The van der Waals surface area contributed by atoms with E-state index in [0.717, 1.165) is 12.5 Å².